The zero-order valence-electron chi connectivity index (χ0n) is 9.39. The molecule has 1 N–H and O–H groups in total. The maximum absolute atomic E-state index is 5.55. The van der Waals surface area contributed by atoms with E-state index in [0.717, 1.165) is 24.0 Å². The van der Waals surface area contributed by atoms with Crippen molar-refractivity contribution in [3.05, 3.63) is 6.33 Å². The Hall–Kier alpha value is -0.170. The van der Waals surface area contributed by atoms with Crippen LogP contribution in [0.3, 0.4) is 0 Å². The standard InChI is InChI=1S/C10H17N3OS2/c1-8(15-10-12-7-13-16-10)5-11-6-9-3-2-4-14-9/h7-9,11H,2-6H2,1H3. The van der Waals surface area contributed by atoms with Crippen LogP contribution in [-0.4, -0.2) is 40.4 Å². The quantitative estimate of drug-likeness (QED) is 0.789. The van der Waals surface area contributed by atoms with Gasteiger partial charge in [0.1, 0.15) is 6.33 Å². The first-order valence-electron chi connectivity index (χ1n) is 5.60. The summed E-state index contributed by atoms with van der Waals surface area (Å²) in [5.41, 5.74) is 0. The molecule has 0 saturated carbocycles. The van der Waals surface area contributed by atoms with Crippen LogP contribution < -0.4 is 5.32 Å². The Morgan fingerprint density at radius 2 is 2.69 bits per heavy atom. The van der Waals surface area contributed by atoms with Crippen molar-refractivity contribution >= 4 is 23.3 Å². The number of nitrogens with zero attached hydrogens (tertiary/aromatic N) is 2. The number of nitrogens with one attached hydrogen (secondary N) is 1. The highest BCUT2D eigenvalue weighted by atomic mass is 32.2. The van der Waals surface area contributed by atoms with Gasteiger partial charge in [0, 0.05) is 24.9 Å². The van der Waals surface area contributed by atoms with Crippen molar-refractivity contribution in [2.75, 3.05) is 19.7 Å². The molecular formula is C10H17N3OS2. The third-order valence-corrected chi connectivity index (χ3v) is 4.32. The lowest BCUT2D eigenvalue weighted by Gasteiger charge is -2.13. The predicted molar refractivity (Wildman–Crippen MR) is 67.1 cm³/mol. The van der Waals surface area contributed by atoms with Crippen LogP contribution in [0.1, 0.15) is 19.8 Å². The summed E-state index contributed by atoms with van der Waals surface area (Å²) in [6.07, 6.45) is 4.45. The first kappa shape index (κ1) is 12.3. The fraction of sp³-hybridized carbons (Fsp3) is 0.800. The molecule has 0 bridgehead atoms. The highest BCUT2D eigenvalue weighted by Crippen LogP contribution is 2.23. The summed E-state index contributed by atoms with van der Waals surface area (Å²) in [4.78, 5) is 4.16. The molecule has 2 rings (SSSR count). The van der Waals surface area contributed by atoms with Crippen molar-refractivity contribution in [1.29, 1.82) is 0 Å². The first-order valence-corrected chi connectivity index (χ1v) is 7.25. The Bertz CT molecular complexity index is 288. The van der Waals surface area contributed by atoms with Gasteiger partial charge in [-0.3, -0.25) is 0 Å². The number of rotatable bonds is 6. The summed E-state index contributed by atoms with van der Waals surface area (Å²) in [5.74, 6) is 0. The Morgan fingerprint density at radius 1 is 1.75 bits per heavy atom. The van der Waals surface area contributed by atoms with Gasteiger partial charge in [0.25, 0.3) is 0 Å². The van der Waals surface area contributed by atoms with E-state index in [1.54, 1.807) is 18.1 Å². The first-order chi connectivity index (χ1) is 7.84. The molecule has 4 nitrogen and oxygen atoms in total. The largest absolute Gasteiger partial charge is 0.377 e. The van der Waals surface area contributed by atoms with Crippen molar-refractivity contribution < 1.29 is 4.74 Å². The van der Waals surface area contributed by atoms with Crippen LogP contribution in [0.15, 0.2) is 10.7 Å². The molecule has 16 heavy (non-hydrogen) atoms. The average molecular weight is 259 g/mol. The molecule has 2 atom stereocenters. The van der Waals surface area contributed by atoms with E-state index in [1.165, 1.54) is 24.4 Å². The number of hydrogen-bond acceptors (Lipinski definition) is 6. The van der Waals surface area contributed by atoms with Crippen LogP contribution in [0.5, 0.6) is 0 Å². The third-order valence-electron chi connectivity index (χ3n) is 2.47. The minimum atomic E-state index is 0.429. The van der Waals surface area contributed by atoms with E-state index >= 15 is 0 Å². The van der Waals surface area contributed by atoms with Crippen LogP contribution in [0.4, 0.5) is 0 Å². The van der Waals surface area contributed by atoms with E-state index in [4.69, 9.17) is 4.74 Å². The second-order valence-corrected chi connectivity index (χ2v) is 6.39. The fourth-order valence-electron chi connectivity index (χ4n) is 1.68. The summed E-state index contributed by atoms with van der Waals surface area (Å²) in [6, 6.07) is 0. The fourth-order valence-corrected chi connectivity index (χ4v) is 3.41. The molecule has 1 aliphatic rings. The molecule has 1 aromatic rings. The van der Waals surface area contributed by atoms with Gasteiger partial charge in [-0.25, -0.2) is 4.98 Å². The van der Waals surface area contributed by atoms with Crippen molar-refractivity contribution in [3.63, 3.8) is 0 Å². The van der Waals surface area contributed by atoms with E-state index < -0.39 is 0 Å². The van der Waals surface area contributed by atoms with Gasteiger partial charge in [-0.05, 0) is 24.4 Å². The number of aromatic nitrogens is 2. The predicted octanol–water partition coefficient (Wildman–Crippen LogP) is 1.79. The Morgan fingerprint density at radius 3 is 3.38 bits per heavy atom. The zero-order chi connectivity index (χ0) is 11.2. The Balaban J connectivity index is 1.58. The summed E-state index contributed by atoms with van der Waals surface area (Å²) >= 11 is 3.23. The average Bonchev–Trinajstić information content (AvgIpc) is 2.90. The van der Waals surface area contributed by atoms with Gasteiger partial charge >= 0.3 is 0 Å². The van der Waals surface area contributed by atoms with E-state index in [-0.39, 0.29) is 0 Å². The molecule has 90 valence electrons. The van der Waals surface area contributed by atoms with E-state index in [1.807, 2.05) is 0 Å². The second-order valence-electron chi connectivity index (χ2n) is 3.93. The number of hydrogen-bond donors (Lipinski definition) is 1. The molecule has 1 saturated heterocycles. The summed E-state index contributed by atoms with van der Waals surface area (Å²) in [6.45, 7) is 5.10. The molecule has 2 unspecified atom stereocenters. The van der Waals surface area contributed by atoms with E-state index in [2.05, 4.69) is 21.6 Å². The molecule has 1 fully saturated rings. The minimum Gasteiger partial charge on any atom is -0.377 e. The Labute approximate surface area is 104 Å². The Kier molecular flexibility index (Phi) is 5.02. The molecule has 0 aliphatic carbocycles. The maximum Gasteiger partial charge on any atom is 0.170 e. The van der Waals surface area contributed by atoms with Crippen molar-refractivity contribution in [3.8, 4) is 0 Å². The third kappa shape index (κ3) is 4.01. The van der Waals surface area contributed by atoms with Crippen molar-refractivity contribution in [2.24, 2.45) is 0 Å². The normalized spacial score (nSPS) is 22.4. The zero-order valence-corrected chi connectivity index (χ0v) is 11.0. The molecule has 0 radical (unpaired) electrons. The van der Waals surface area contributed by atoms with Gasteiger partial charge in [-0.15, -0.1) is 0 Å². The number of ether oxygens (including phenoxy) is 1. The van der Waals surface area contributed by atoms with Crippen LogP contribution in [0.25, 0.3) is 0 Å². The molecule has 0 amide bonds. The SMILES string of the molecule is CC(CNCC1CCCO1)Sc1ncns1. The van der Waals surface area contributed by atoms with Gasteiger partial charge in [0.15, 0.2) is 4.34 Å². The van der Waals surface area contributed by atoms with Crippen molar-refractivity contribution in [2.45, 2.75) is 35.5 Å². The highest BCUT2D eigenvalue weighted by molar-refractivity contribution is 8.01. The van der Waals surface area contributed by atoms with Crippen LogP contribution in [0, 0.1) is 0 Å². The lowest BCUT2D eigenvalue weighted by molar-refractivity contribution is 0.110. The van der Waals surface area contributed by atoms with E-state index in [0.29, 0.717) is 11.4 Å². The second kappa shape index (κ2) is 6.54. The van der Waals surface area contributed by atoms with Crippen LogP contribution in [0.2, 0.25) is 0 Å². The lowest BCUT2D eigenvalue weighted by atomic mass is 10.2. The van der Waals surface area contributed by atoms with Crippen LogP contribution in [-0.2, 0) is 4.74 Å². The number of thioether (sulfide) groups is 1. The molecule has 6 heteroatoms. The topological polar surface area (TPSA) is 47.0 Å². The molecular weight excluding hydrogens is 242 g/mol. The van der Waals surface area contributed by atoms with Gasteiger partial charge in [0.05, 0.1) is 6.10 Å². The molecule has 0 spiro atoms. The highest BCUT2D eigenvalue weighted by Gasteiger charge is 2.15. The molecule has 0 aromatic carbocycles. The smallest absolute Gasteiger partial charge is 0.170 e. The lowest BCUT2D eigenvalue weighted by Crippen LogP contribution is -2.30. The minimum absolute atomic E-state index is 0.429. The van der Waals surface area contributed by atoms with E-state index in [9.17, 15) is 0 Å². The van der Waals surface area contributed by atoms with Gasteiger partial charge in [0.2, 0.25) is 0 Å². The van der Waals surface area contributed by atoms with Crippen LogP contribution >= 0.6 is 23.3 Å². The van der Waals surface area contributed by atoms with Crippen molar-refractivity contribution in [1.82, 2.24) is 14.7 Å². The summed E-state index contributed by atoms with van der Waals surface area (Å²) in [7, 11) is 0. The van der Waals surface area contributed by atoms with Gasteiger partial charge in [-0.1, -0.05) is 18.7 Å². The molecule has 1 aliphatic heterocycles. The monoisotopic (exact) mass is 259 g/mol. The maximum atomic E-state index is 5.55. The summed E-state index contributed by atoms with van der Waals surface area (Å²) in [5, 5.41) is 3.97. The molecule has 1 aromatic heterocycles. The summed E-state index contributed by atoms with van der Waals surface area (Å²) < 4.78 is 10.6. The van der Waals surface area contributed by atoms with Gasteiger partial charge < -0.3 is 10.1 Å². The van der Waals surface area contributed by atoms with Gasteiger partial charge in [-0.2, -0.15) is 4.37 Å². The molecule has 2 heterocycles.